The van der Waals surface area contributed by atoms with Gasteiger partial charge in [0, 0.05) is 34.0 Å². The molecule has 0 aliphatic carbocycles. The third kappa shape index (κ3) is 3.39. The van der Waals surface area contributed by atoms with Crippen molar-refractivity contribution in [1.29, 1.82) is 0 Å². The van der Waals surface area contributed by atoms with Crippen molar-refractivity contribution in [3.8, 4) is 0 Å². The Morgan fingerprint density at radius 2 is 1.85 bits per heavy atom. The Balaban J connectivity index is 2.25. The zero-order valence-electron chi connectivity index (χ0n) is 11.7. The van der Waals surface area contributed by atoms with Crippen LogP contribution in [0.1, 0.15) is 24.0 Å². The van der Waals surface area contributed by atoms with E-state index in [9.17, 15) is 12.6 Å². The quantitative estimate of drug-likeness (QED) is 0.817. The van der Waals surface area contributed by atoms with Crippen LogP contribution in [-0.4, -0.2) is 30.2 Å². The van der Waals surface area contributed by atoms with Gasteiger partial charge in [-0.2, -0.15) is 0 Å². The Morgan fingerprint density at radius 1 is 1.25 bits per heavy atom. The van der Waals surface area contributed by atoms with Crippen molar-refractivity contribution in [2.75, 3.05) is 17.2 Å². The molecule has 0 unspecified atom stereocenters. The lowest BCUT2D eigenvalue weighted by Crippen LogP contribution is -2.39. The van der Waals surface area contributed by atoms with Crippen LogP contribution in [-0.2, 0) is 20.8 Å². The van der Waals surface area contributed by atoms with Crippen molar-refractivity contribution in [3.05, 3.63) is 23.3 Å². The summed E-state index contributed by atoms with van der Waals surface area (Å²) < 4.78 is 38.9. The van der Waals surface area contributed by atoms with Crippen LogP contribution in [0.4, 0.5) is 5.69 Å². The maximum Gasteiger partial charge on any atom is 0.241 e. The molecule has 5 nitrogen and oxygen atoms in total. The van der Waals surface area contributed by atoms with Crippen molar-refractivity contribution in [3.63, 3.8) is 0 Å². The molecule has 0 bridgehead atoms. The molecule has 1 aliphatic heterocycles. The number of aryl methyl sites for hydroxylation is 1. The predicted octanol–water partition coefficient (Wildman–Crippen LogP) is 1.08. The van der Waals surface area contributed by atoms with Gasteiger partial charge in [0.15, 0.2) is 0 Å². The summed E-state index contributed by atoms with van der Waals surface area (Å²) >= 11 is 0. The van der Waals surface area contributed by atoms with E-state index in [-0.39, 0.29) is 10.9 Å². The Bertz CT molecular complexity index is 631. The maximum atomic E-state index is 12.5. The molecule has 1 aromatic carbocycles. The van der Waals surface area contributed by atoms with Gasteiger partial charge in [0.2, 0.25) is 10.0 Å². The first-order valence-electron chi connectivity index (χ1n) is 6.53. The average Bonchev–Trinajstić information content (AvgIpc) is 2.36. The van der Waals surface area contributed by atoms with Crippen LogP contribution in [0.15, 0.2) is 17.0 Å². The van der Waals surface area contributed by atoms with Gasteiger partial charge in [0.25, 0.3) is 0 Å². The van der Waals surface area contributed by atoms with Gasteiger partial charge < -0.3 is 5.73 Å². The van der Waals surface area contributed by atoms with Gasteiger partial charge in [-0.15, -0.1) is 0 Å². The average molecular weight is 316 g/mol. The van der Waals surface area contributed by atoms with Crippen molar-refractivity contribution < 1.29 is 12.6 Å². The first kappa shape index (κ1) is 15.5. The molecule has 112 valence electrons. The Labute approximate surface area is 122 Å². The van der Waals surface area contributed by atoms with Gasteiger partial charge >= 0.3 is 0 Å². The van der Waals surface area contributed by atoms with Crippen LogP contribution in [0.5, 0.6) is 0 Å². The number of hydrogen-bond acceptors (Lipinski definition) is 4. The lowest BCUT2D eigenvalue weighted by Gasteiger charge is -2.23. The number of nitrogen functional groups attached to an aromatic ring is 1. The van der Waals surface area contributed by atoms with Gasteiger partial charge in [-0.1, -0.05) is 0 Å². The fourth-order valence-electron chi connectivity index (χ4n) is 2.33. The monoisotopic (exact) mass is 316 g/mol. The zero-order chi connectivity index (χ0) is 14.9. The molecule has 1 aromatic rings. The maximum absolute atomic E-state index is 12.5. The van der Waals surface area contributed by atoms with E-state index in [1.165, 1.54) is 0 Å². The summed E-state index contributed by atoms with van der Waals surface area (Å²) in [5.74, 6) is 1.12. The van der Waals surface area contributed by atoms with Crippen molar-refractivity contribution in [2.45, 2.75) is 37.6 Å². The molecule has 1 aliphatic rings. The lowest BCUT2D eigenvalue weighted by atomic mass is 10.1. The third-order valence-electron chi connectivity index (χ3n) is 3.54. The number of hydrogen-bond donors (Lipinski definition) is 2. The van der Waals surface area contributed by atoms with E-state index in [0.29, 0.717) is 35.6 Å². The topological polar surface area (TPSA) is 89.3 Å². The summed E-state index contributed by atoms with van der Waals surface area (Å²) in [6, 6.07) is 3.26. The minimum atomic E-state index is -3.58. The van der Waals surface area contributed by atoms with Crippen LogP contribution in [0, 0.1) is 13.8 Å². The van der Waals surface area contributed by atoms with Crippen molar-refractivity contribution in [1.82, 2.24) is 4.72 Å². The highest BCUT2D eigenvalue weighted by atomic mass is 32.2. The Morgan fingerprint density at radius 3 is 2.45 bits per heavy atom. The molecular weight excluding hydrogens is 296 g/mol. The smallest absolute Gasteiger partial charge is 0.241 e. The summed E-state index contributed by atoms with van der Waals surface area (Å²) in [5, 5.41) is 0. The van der Waals surface area contributed by atoms with E-state index >= 15 is 0 Å². The molecule has 0 saturated carbocycles. The molecule has 0 radical (unpaired) electrons. The second-order valence-corrected chi connectivity index (χ2v) is 8.60. The fourth-order valence-corrected chi connectivity index (χ4v) is 5.29. The third-order valence-corrected chi connectivity index (χ3v) is 6.57. The van der Waals surface area contributed by atoms with E-state index < -0.39 is 20.8 Å². The highest BCUT2D eigenvalue weighted by Gasteiger charge is 2.25. The van der Waals surface area contributed by atoms with E-state index in [0.717, 1.165) is 5.56 Å². The summed E-state index contributed by atoms with van der Waals surface area (Å²) in [7, 11) is -4.38. The first-order chi connectivity index (χ1) is 9.29. The molecule has 20 heavy (non-hydrogen) atoms. The van der Waals surface area contributed by atoms with Gasteiger partial charge in [0.05, 0.1) is 4.90 Å². The molecule has 7 heteroatoms. The van der Waals surface area contributed by atoms with E-state index in [1.54, 1.807) is 19.1 Å². The minimum Gasteiger partial charge on any atom is -0.398 e. The zero-order valence-corrected chi connectivity index (χ0v) is 13.3. The summed E-state index contributed by atoms with van der Waals surface area (Å²) in [4.78, 5) is 0.238. The standard InChI is InChI=1S/C13H20N2O3S2/c1-9-7-12(14)10(2)13(8-9)20(17,18)15-11-3-5-19(16)6-4-11/h7-8,11,15H,3-6,14H2,1-2H3. The molecule has 1 heterocycles. The van der Waals surface area contributed by atoms with Crippen LogP contribution >= 0.6 is 0 Å². The van der Waals surface area contributed by atoms with Crippen LogP contribution in [0.3, 0.4) is 0 Å². The number of rotatable bonds is 3. The number of nitrogens with one attached hydrogen (secondary N) is 1. The van der Waals surface area contributed by atoms with E-state index in [1.807, 2.05) is 6.92 Å². The second-order valence-electron chi connectivity index (χ2n) is 5.22. The van der Waals surface area contributed by atoms with E-state index in [4.69, 9.17) is 5.73 Å². The van der Waals surface area contributed by atoms with Gasteiger partial charge in [0.1, 0.15) is 0 Å². The number of sulfonamides is 1. The number of anilines is 1. The minimum absolute atomic E-state index is 0.140. The molecule has 2 rings (SSSR count). The number of nitrogens with two attached hydrogens (primary N) is 1. The summed E-state index contributed by atoms with van der Waals surface area (Å²) in [6.07, 6.45) is 1.23. The molecule has 1 saturated heterocycles. The van der Waals surface area contributed by atoms with Gasteiger partial charge in [-0.3, -0.25) is 4.21 Å². The largest absolute Gasteiger partial charge is 0.398 e. The SMILES string of the molecule is Cc1cc(N)c(C)c(S(=O)(=O)NC2CCS(=O)CC2)c1. The molecule has 0 atom stereocenters. The van der Waals surface area contributed by atoms with Crippen LogP contribution < -0.4 is 10.5 Å². The highest BCUT2D eigenvalue weighted by molar-refractivity contribution is 7.89. The molecule has 0 amide bonds. The van der Waals surface area contributed by atoms with E-state index in [2.05, 4.69) is 4.72 Å². The van der Waals surface area contributed by atoms with Crippen molar-refractivity contribution in [2.24, 2.45) is 0 Å². The highest BCUT2D eigenvalue weighted by Crippen LogP contribution is 2.24. The second kappa shape index (κ2) is 5.83. The summed E-state index contributed by atoms with van der Waals surface area (Å²) in [5.41, 5.74) is 7.71. The lowest BCUT2D eigenvalue weighted by molar-refractivity contribution is 0.521. The number of benzene rings is 1. The summed E-state index contributed by atoms with van der Waals surface area (Å²) in [6.45, 7) is 3.53. The normalized spacial score (nSPS) is 23.7. The molecule has 3 N–H and O–H groups in total. The molecule has 0 aromatic heterocycles. The molecule has 0 spiro atoms. The van der Waals surface area contributed by atoms with Gasteiger partial charge in [-0.25, -0.2) is 13.1 Å². The Kier molecular flexibility index (Phi) is 4.51. The fraction of sp³-hybridized carbons (Fsp3) is 0.538. The van der Waals surface area contributed by atoms with Crippen LogP contribution in [0.25, 0.3) is 0 Å². The van der Waals surface area contributed by atoms with Crippen molar-refractivity contribution >= 4 is 26.5 Å². The first-order valence-corrected chi connectivity index (χ1v) is 9.51. The van der Waals surface area contributed by atoms with Crippen LogP contribution in [0.2, 0.25) is 0 Å². The Hall–Kier alpha value is -0.920. The van der Waals surface area contributed by atoms with Gasteiger partial charge in [-0.05, 0) is 49.9 Å². The molecular formula is C13H20N2O3S2. The molecule has 1 fully saturated rings. The predicted molar refractivity (Wildman–Crippen MR) is 81.5 cm³/mol.